The Morgan fingerprint density at radius 3 is 2.19 bits per heavy atom. The van der Waals surface area contributed by atoms with Crippen molar-refractivity contribution in [2.24, 2.45) is 0 Å². The minimum Gasteiger partial charge on any atom is -0.494 e. The second-order valence-corrected chi connectivity index (χ2v) is 7.92. The van der Waals surface area contributed by atoms with Gasteiger partial charge >= 0.3 is 0 Å². The Bertz CT molecular complexity index is 877. The summed E-state index contributed by atoms with van der Waals surface area (Å²) in [4.78, 5) is 16.9. The van der Waals surface area contributed by atoms with Crippen molar-refractivity contribution in [1.82, 2.24) is 9.80 Å². The van der Waals surface area contributed by atoms with Crippen LogP contribution >= 0.6 is 0 Å². The molecule has 0 radical (unpaired) electrons. The number of hydrogen-bond acceptors (Lipinski definition) is 6. The van der Waals surface area contributed by atoms with Gasteiger partial charge in [-0.15, -0.1) is 0 Å². The topological polar surface area (TPSA) is 60.5 Å². The lowest BCUT2D eigenvalue weighted by molar-refractivity contribution is -0.133. The molecule has 0 unspecified atom stereocenters. The Morgan fingerprint density at radius 2 is 1.56 bits per heavy atom. The number of carbonyl (C=O) groups excluding carboxylic acids is 1. The average Bonchev–Trinajstić information content (AvgIpc) is 2.82. The van der Waals surface area contributed by atoms with Crippen molar-refractivity contribution in [2.45, 2.75) is 26.3 Å². The molecule has 1 heterocycles. The van der Waals surface area contributed by atoms with Crippen LogP contribution in [0.15, 0.2) is 36.4 Å². The lowest BCUT2D eigenvalue weighted by Crippen LogP contribution is -2.48. The molecule has 3 rings (SSSR count). The Kier molecular flexibility index (Phi) is 8.62. The normalized spacial score (nSPS) is 14.2. The van der Waals surface area contributed by atoms with E-state index in [0.29, 0.717) is 30.3 Å². The molecule has 1 fully saturated rings. The number of piperazine rings is 1. The Labute approximate surface area is 190 Å². The van der Waals surface area contributed by atoms with Crippen LogP contribution in [0.1, 0.15) is 24.0 Å². The predicted octanol–water partition coefficient (Wildman–Crippen LogP) is 3.52. The molecule has 1 aliphatic rings. The van der Waals surface area contributed by atoms with E-state index in [1.807, 2.05) is 48.2 Å². The van der Waals surface area contributed by atoms with Crippen LogP contribution < -0.4 is 18.9 Å². The third-order valence-corrected chi connectivity index (χ3v) is 5.73. The van der Waals surface area contributed by atoms with E-state index >= 15 is 0 Å². The molecule has 32 heavy (non-hydrogen) atoms. The molecule has 2 aromatic carbocycles. The second-order valence-electron chi connectivity index (χ2n) is 7.92. The first-order chi connectivity index (χ1) is 15.5. The zero-order valence-electron chi connectivity index (χ0n) is 19.6. The molecule has 7 nitrogen and oxygen atoms in total. The van der Waals surface area contributed by atoms with E-state index in [0.717, 1.165) is 50.5 Å². The number of amides is 1. The van der Waals surface area contributed by atoms with Crippen molar-refractivity contribution in [3.8, 4) is 23.0 Å². The summed E-state index contributed by atoms with van der Waals surface area (Å²) < 4.78 is 22.2. The lowest BCUT2D eigenvalue weighted by atomic mass is 10.1. The molecule has 7 heteroatoms. The maximum Gasteiger partial charge on any atom is 0.222 e. The first-order valence-electron chi connectivity index (χ1n) is 11.0. The first-order valence-corrected chi connectivity index (χ1v) is 11.0. The molecule has 0 aromatic heterocycles. The largest absolute Gasteiger partial charge is 0.494 e. The van der Waals surface area contributed by atoms with Crippen molar-refractivity contribution in [2.75, 3.05) is 54.1 Å². The van der Waals surface area contributed by atoms with Gasteiger partial charge in [0.1, 0.15) is 5.75 Å². The number of carbonyl (C=O) groups is 1. The highest BCUT2D eigenvalue weighted by atomic mass is 16.5. The predicted molar refractivity (Wildman–Crippen MR) is 124 cm³/mol. The number of aryl methyl sites for hydroxylation is 1. The highest BCUT2D eigenvalue weighted by molar-refractivity contribution is 5.76. The standard InChI is InChI=1S/C25H34N2O5/c1-19-7-10-21(11-8-19)32-17-5-6-23(28)27-15-13-26(14-16-27)18-20-9-12-22(29-2)25(31-4)24(20)30-3/h7-12H,5-6,13-18H2,1-4H3. The Morgan fingerprint density at radius 1 is 0.875 bits per heavy atom. The van der Waals surface area contributed by atoms with Gasteiger partial charge in [0.2, 0.25) is 11.7 Å². The third kappa shape index (κ3) is 6.07. The molecule has 0 saturated carbocycles. The van der Waals surface area contributed by atoms with E-state index < -0.39 is 0 Å². The SMILES string of the molecule is COc1ccc(CN2CCN(C(=O)CCCOc3ccc(C)cc3)CC2)c(OC)c1OC. The fourth-order valence-electron chi connectivity index (χ4n) is 3.89. The van der Waals surface area contributed by atoms with Crippen LogP contribution in [-0.4, -0.2) is 69.8 Å². The molecule has 0 atom stereocenters. The first kappa shape index (κ1) is 23.7. The minimum atomic E-state index is 0.195. The number of rotatable bonds is 10. The fraction of sp³-hybridized carbons (Fsp3) is 0.480. The molecule has 1 saturated heterocycles. The fourth-order valence-corrected chi connectivity index (χ4v) is 3.89. The summed E-state index contributed by atoms with van der Waals surface area (Å²) in [5.41, 5.74) is 2.24. The average molecular weight is 443 g/mol. The van der Waals surface area contributed by atoms with Crippen LogP contribution in [0, 0.1) is 6.92 Å². The van der Waals surface area contributed by atoms with Gasteiger partial charge in [0.25, 0.3) is 0 Å². The summed E-state index contributed by atoms with van der Waals surface area (Å²) in [5, 5.41) is 0. The van der Waals surface area contributed by atoms with Gasteiger partial charge in [-0.2, -0.15) is 0 Å². The van der Waals surface area contributed by atoms with Crippen molar-refractivity contribution in [3.63, 3.8) is 0 Å². The smallest absolute Gasteiger partial charge is 0.222 e. The molecule has 0 spiro atoms. The molecule has 0 bridgehead atoms. The van der Waals surface area contributed by atoms with Crippen LogP contribution in [-0.2, 0) is 11.3 Å². The van der Waals surface area contributed by atoms with Crippen LogP contribution in [0.4, 0.5) is 0 Å². The summed E-state index contributed by atoms with van der Waals surface area (Å²) in [6, 6.07) is 11.9. The molecule has 1 amide bonds. The van der Waals surface area contributed by atoms with Crippen molar-refractivity contribution < 1.29 is 23.7 Å². The number of hydrogen-bond donors (Lipinski definition) is 0. The Balaban J connectivity index is 1.43. The lowest BCUT2D eigenvalue weighted by Gasteiger charge is -2.35. The van der Waals surface area contributed by atoms with E-state index in [9.17, 15) is 4.79 Å². The maximum atomic E-state index is 12.6. The van der Waals surface area contributed by atoms with Crippen LogP contribution in [0.3, 0.4) is 0 Å². The van der Waals surface area contributed by atoms with E-state index in [1.165, 1.54) is 5.56 Å². The monoisotopic (exact) mass is 442 g/mol. The van der Waals surface area contributed by atoms with E-state index in [2.05, 4.69) is 4.90 Å². The van der Waals surface area contributed by atoms with Crippen molar-refractivity contribution in [1.29, 1.82) is 0 Å². The quantitative estimate of drug-likeness (QED) is 0.525. The number of methoxy groups -OCH3 is 3. The zero-order valence-corrected chi connectivity index (χ0v) is 19.6. The zero-order chi connectivity index (χ0) is 22.9. The Hall–Kier alpha value is -2.93. The van der Waals surface area contributed by atoms with Gasteiger partial charge in [-0.05, 0) is 31.5 Å². The minimum absolute atomic E-state index is 0.195. The highest BCUT2D eigenvalue weighted by Crippen LogP contribution is 2.40. The third-order valence-electron chi connectivity index (χ3n) is 5.73. The summed E-state index contributed by atoms with van der Waals surface area (Å²) in [5.74, 6) is 2.99. The molecule has 174 valence electrons. The van der Waals surface area contributed by atoms with E-state index in [1.54, 1.807) is 21.3 Å². The van der Waals surface area contributed by atoms with Crippen LogP contribution in [0.5, 0.6) is 23.0 Å². The van der Waals surface area contributed by atoms with E-state index in [4.69, 9.17) is 18.9 Å². The molecular formula is C25H34N2O5. The van der Waals surface area contributed by atoms with E-state index in [-0.39, 0.29) is 5.91 Å². The molecule has 1 aliphatic heterocycles. The van der Waals surface area contributed by atoms with Gasteiger partial charge in [-0.3, -0.25) is 9.69 Å². The van der Waals surface area contributed by atoms with Crippen molar-refractivity contribution >= 4 is 5.91 Å². The van der Waals surface area contributed by atoms with Crippen LogP contribution in [0.2, 0.25) is 0 Å². The number of benzene rings is 2. The van der Waals surface area contributed by atoms with Crippen molar-refractivity contribution in [3.05, 3.63) is 47.5 Å². The summed E-state index contributed by atoms with van der Waals surface area (Å²) in [6.07, 6.45) is 1.23. The second kappa shape index (κ2) is 11.6. The maximum absolute atomic E-state index is 12.6. The molecular weight excluding hydrogens is 408 g/mol. The van der Waals surface area contributed by atoms with Crippen LogP contribution in [0.25, 0.3) is 0 Å². The number of ether oxygens (including phenoxy) is 4. The van der Waals surface area contributed by atoms with Gasteiger partial charge in [0, 0.05) is 44.7 Å². The van der Waals surface area contributed by atoms with Gasteiger partial charge in [0.05, 0.1) is 27.9 Å². The van der Waals surface area contributed by atoms with Gasteiger partial charge in [-0.25, -0.2) is 0 Å². The molecule has 2 aromatic rings. The summed E-state index contributed by atoms with van der Waals surface area (Å²) in [7, 11) is 4.86. The number of nitrogens with zero attached hydrogens (tertiary/aromatic N) is 2. The summed E-state index contributed by atoms with van der Waals surface area (Å²) >= 11 is 0. The van der Waals surface area contributed by atoms with Gasteiger partial charge < -0.3 is 23.8 Å². The van der Waals surface area contributed by atoms with Gasteiger partial charge in [-0.1, -0.05) is 23.8 Å². The highest BCUT2D eigenvalue weighted by Gasteiger charge is 2.23. The molecule has 0 aliphatic carbocycles. The van der Waals surface area contributed by atoms with Gasteiger partial charge in [0.15, 0.2) is 11.5 Å². The summed E-state index contributed by atoms with van der Waals surface area (Å²) in [6.45, 7) is 6.43. The molecule has 0 N–H and O–H groups in total.